The maximum absolute atomic E-state index is 5.71. The van der Waals surface area contributed by atoms with Gasteiger partial charge in [-0.25, -0.2) is 0 Å². The van der Waals surface area contributed by atoms with Crippen molar-refractivity contribution in [1.82, 2.24) is 0 Å². The van der Waals surface area contributed by atoms with Crippen molar-refractivity contribution >= 4 is 23.1 Å². The van der Waals surface area contributed by atoms with E-state index in [2.05, 4.69) is 54.4 Å². The van der Waals surface area contributed by atoms with E-state index in [0.717, 1.165) is 25.2 Å². The molecule has 4 heteroatoms. The Morgan fingerprint density at radius 2 is 1.76 bits per heavy atom. The van der Waals surface area contributed by atoms with Gasteiger partial charge in [-0.3, -0.25) is 0 Å². The van der Waals surface area contributed by atoms with E-state index in [1.54, 1.807) is 0 Å². The molecule has 0 unspecified atom stereocenters. The summed E-state index contributed by atoms with van der Waals surface area (Å²) >= 11 is 1.81. The van der Waals surface area contributed by atoms with E-state index in [1.807, 2.05) is 11.8 Å². The lowest BCUT2D eigenvalue weighted by Crippen LogP contribution is -2.19. The maximum atomic E-state index is 5.71. The van der Waals surface area contributed by atoms with Crippen molar-refractivity contribution in [2.24, 2.45) is 0 Å². The molecule has 2 heterocycles. The second kappa shape index (κ2) is 5.37. The Morgan fingerprint density at radius 3 is 2.62 bits per heavy atom. The first-order valence-electron chi connectivity index (χ1n) is 7.21. The Morgan fingerprint density at radius 1 is 1.00 bits per heavy atom. The number of ether oxygens (including phenoxy) is 2. The number of fused-ring (bicyclic) bond motifs is 2. The predicted molar refractivity (Wildman–Crippen MR) is 84.3 cm³/mol. The summed E-state index contributed by atoms with van der Waals surface area (Å²) in [7, 11) is 2.12. The number of para-hydroxylation sites is 1. The summed E-state index contributed by atoms with van der Waals surface area (Å²) in [5, 5.41) is 0. The van der Waals surface area contributed by atoms with E-state index in [1.165, 1.54) is 21.2 Å². The number of hydrogen-bond donors (Lipinski definition) is 0. The first-order valence-corrected chi connectivity index (χ1v) is 8.02. The maximum Gasteiger partial charge on any atom is 0.183 e. The largest absolute Gasteiger partial charge is 0.348 e. The van der Waals surface area contributed by atoms with E-state index in [9.17, 15) is 0 Å². The Labute approximate surface area is 128 Å². The number of nitrogens with zero attached hydrogens (tertiary/aromatic N) is 1. The van der Waals surface area contributed by atoms with Crippen molar-refractivity contribution < 1.29 is 9.47 Å². The summed E-state index contributed by atoms with van der Waals surface area (Å²) in [6.45, 7) is 1.55. The number of rotatable bonds is 1. The Kier molecular flexibility index (Phi) is 3.37. The highest BCUT2D eigenvalue weighted by Crippen LogP contribution is 2.48. The van der Waals surface area contributed by atoms with Crippen LogP contribution in [0.4, 0.5) is 11.4 Å². The van der Waals surface area contributed by atoms with Crippen LogP contribution >= 0.6 is 11.8 Å². The molecule has 0 radical (unpaired) electrons. The monoisotopic (exact) mass is 299 g/mol. The Hall–Kier alpha value is -1.49. The average molecular weight is 299 g/mol. The molecule has 2 aliphatic heterocycles. The topological polar surface area (TPSA) is 21.7 Å². The van der Waals surface area contributed by atoms with Crippen LogP contribution in [0, 0.1) is 0 Å². The van der Waals surface area contributed by atoms with Crippen LogP contribution in [0.1, 0.15) is 18.3 Å². The van der Waals surface area contributed by atoms with Crippen LogP contribution in [0.3, 0.4) is 0 Å². The Balaban J connectivity index is 1.70. The van der Waals surface area contributed by atoms with Gasteiger partial charge in [-0.05, 0) is 30.7 Å². The fourth-order valence-electron chi connectivity index (χ4n) is 2.79. The lowest BCUT2D eigenvalue weighted by molar-refractivity contribution is -0.183. The van der Waals surface area contributed by atoms with E-state index >= 15 is 0 Å². The van der Waals surface area contributed by atoms with E-state index < -0.39 is 0 Å². The molecule has 0 saturated carbocycles. The minimum atomic E-state index is -0.216. The van der Waals surface area contributed by atoms with Crippen LogP contribution in [0.5, 0.6) is 0 Å². The quantitative estimate of drug-likeness (QED) is 0.780. The zero-order valence-electron chi connectivity index (χ0n) is 11.9. The number of hydrogen-bond acceptors (Lipinski definition) is 4. The van der Waals surface area contributed by atoms with Gasteiger partial charge in [0.2, 0.25) is 0 Å². The van der Waals surface area contributed by atoms with Crippen molar-refractivity contribution in [3.8, 4) is 0 Å². The first kappa shape index (κ1) is 13.2. The van der Waals surface area contributed by atoms with Gasteiger partial charge in [0.05, 0.1) is 24.6 Å². The number of benzene rings is 2. The molecule has 1 saturated heterocycles. The van der Waals surface area contributed by atoms with E-state index in [-0.39, 0.29) is 6.29 Å². The van der Waals surface area contributed by atoms with Crippen LogP contribution in [0.2, 0.25) is 0 Å². The van der Waals surface area contributed by atoms with Gasteiger partial charge in [0.15, 0.2) is 6.29 Å². The average Bonchev–Trinajstić information content (AvgIpc) is 2.55. The zero-order chi connectivity index (χ0) is 14.2. The highest BCUT2D eigenvalue weighted by molar-refractivity contribution is 7.99. The smallest absolute Gasteiger partial charge is 0.183 e. The number of anilines is 2. The fraction of sp³-hybridized carbons (Fsp3) is 0.294. The minimum Gasteiger partial charge on any atom is -0.348 e. The van der Waals surface area contributed by atoms with Gasteiger partial charge in [-0.2, -0.15) is 0 Å². The molecule has 4 rings (SSSR count). The molecule has 0 atom stereocenters. The minimum absolute atomic E-state index is 0.216. The van der Waals surface area contributed by atoms with Crippen molar-refractivity contribution in [3.05, 3.63) is 48.0 Å². The van der Waals surface area contributed by atoms with Crippen LogP contribution in [0.25, 0.3) is 0 Å². The standard InChI is InChI=1S/C17H17NO2S/c1-18-13-5-2-3-6-15(13)21-16-11-12(7-8-14(16)18)17-19-9-4-10-20-17/h2-3,5-8,11,17H,4,9-10H2,1H3. The lowest BCUT2D eigenvalue weighted by atomic mass is 10.1. The highest BCUT2D eigenvalue weighted by atomic mass is 32.2. The molecular formula is C17H17NO2S. The van der Waals surface area contributed by atoms with Crippen LogP contribution in [0.15, 0.2) is 52.3 Å². The summed E-state index contributed by atoms with van der Waals surface area (Å²) in [5.74, 6) is 0. The molecule has 2 aliphatic rings. The molecule has 0 aromatic heterocycles. The first-order chi connectivity index (χ1) is 10.3. The second-order valence-electron chi connectivity index (χ2n) is 5.28. The molecule has 0 spiro atoms. The summed E-state index contributed by atoms with van der Waals surface area (Å²) < 4.78 is 11.4. The van der Waals surface area contributed by atoms with Gasteiger partial charge < -0.3 is 14.4 Å². The molecule has 2 aromatic carbocycles. The summed E-state index contributed by atoms with van der Waals surface area (Å²) in [5.41, 5.74) is 3.60. The molecule has 21 heavy (non-hydrogen) atoms. The van der Waals surface area contributed by atoms with Crippen LogP contribution in [-0.2, 0) is 9.47 Å². The zero-order valence-corrected chi connectivity index (χ0v) is 12.7. The summed E-state index contributed by atoms with van der Waals surface area (Å²) in [6.07, 6.45) is 0.763. The summed E-state index contributed by atoms with van der Waals surface area (Å²) in [4.78, 5) is 4.79. The van der Waals surface area contributed by atoms with Gasteiger partial charge in [0.25, 0.3) is 0 Å². The van der Waals surface area contributed by atoms with Gasteiger partial charge in [0, 0.05) is 22.4 Å². The second-order valence-corrected chi connectivity index (χ2v) is 6.37. The third kappa shape index (κ3) is 2.33. The van der Waals surface area contributed by atoms with Crippen LogP contribution < -0.4 is 4.90 Å². The van der Waals surface area contributed by atoms with Gasteiger partial charge in [-0.15, -0.1) is 0 Å². The Bertz CT molecular complexity index is 668. The van der Waals surface area contributed by atoms with Gasteiger partial charge in [-0.1, -0.05) is 30.0 Å². The third-order valence-corrected chi connectivity index (χ3v) is 5.00. The van der Waals surface area contributed by atoms with Crippen molar-refractivity contribution in [1.29, 1.82) is 0 Å². The molecular weight excluding hydrogens is 282 g/mol. The van der Waals surface area contributed by atoms with E-state index in [0.29, 0.717) is 0 Å². The van der Waals surface area contributed by atoms with Gasteiger partial charge in [0.1, 0.15) is 0 Å². The molecule has 0 bridgehead atoms. The summed E-state index contributed by atoms with van der Waals surface area (Å²) in [6, 6.07) is 15.0. The lowest BCUT2D eigenvalue weighted by Gasteiger charge is -2.31. The van der Waals surface area contributed by atoms with E-state index in [4.69, 9.17) is 9.47 Å². The van der Waals surface area contributed by atoms with Gasteiger partial charge >= 0.3 is 0 Å². The molecule has 108 valence electrons. The van der Waals surface area contributed by atoms with Crippen LogP contribution in [-0.4, -0.2) is 20.3 Å². The van der Waals surface area contributed by atoms with Crippen molar-refractivity contribution in [2.45, 2.75) is 22.5 Å². The van der Waals surface area contributed by atoms with Crippen molar-refractivity contribution in [2.75, 3.05) is 25.2 Å². The molecule has 0 amide bonds. The van der Waals surface area contributed by atoms with Crippen molar-refractivity contribution in [3.63, 3.8) is 0 Å². The molecule has 3 nitrogen and oxygen atoms in total. The fourth-order valence-corrected chi connectivity index (χ4v) is 3.98. The highest BCUT2D eigenvalue weighted by Gasteiger charge is 2.23. The predicted octanol–water partition coefficient (Wildman–Crippen LogP) is 4.35. The molecule has 0 aliphatic carbocycles. The third-order valence-electron chi connectivity index (χ3n) is 3.89. The molecule has 1 fully saturated rings. The SMILES string of the molecule is CN1c2ccccc2Sc2cc(C3OCCCO3)ccc21. The normalized spacial score (nSPS) is 18.2. The molecule has 0 N–H and O–H groups in total. The molecule has 2 aromatic rings.